The van der Waals surface area contributed by atoms with Crippen molar-refractivity contribution in [2.24, 2.45) is 23.2 Å². The number of alkyl halides is 1. The molecule has 4 bridgehead atoms. The molecule has 0 aromatic carbocycles. The van der Waals surface area contributed by atoms with Gasteiger partial charge in [-0.3, -0.25) is 0 Å². The first kappa shape index (κ1) is 7.34. The average molecular weight is 168 g/mol. The summed E-state index contributed by atoms with van der Waals surface area (Å²) in [6, 6.07) is 0. The summed E-state index contributed by atoms with van der Waals surface area (Å²) < 4.78 is 13.9. The van der Waals surface area contributed by atoms with E-state index in [-0.39, 0.29) is 5.41 Å². The lowest BCUT2D eigenvalue weighted by molar-refractivity contribution is -0.110. The van der Waals surface area contributed by atoms with E-state index in [9.17, 15) is 4.39 Å². The highest BCUT2D eigenvalue weighted by atomic mass is 19.1. The third-order valence-electron chi connectivity index (χ3n) is 4.53. The standard InChI is InChI=1S/C11H17F/c1-11-5-7-2-8(6-11)4-9(3-7)10(11)12/h7-10H,2-6H2,1H3. The van der Waals surface area contributed by atoms with E-state index in [2.05, 4.69) is 6.92 Å². The van der Waals surface area contributed by atoms with Gasteiger partial charge in [0.05, 0.1) is 0 Å². The largest absolute Gasteiger partial charge is 0.247 e. The molecule has 4 rings (SSSR count). The van der Waals surface area contributed by atoms with Crippen molar-refractivity contribution >= 4 is 0 Å². The Balaban J connectivity index is 1.97. The van der Waals surface area contributed by atoms with Gasteiger partial charge in [0.15, 0.2) is 0 Å². The Morgan fingerprint density at radius 2 is 1.67 bits per heavy atom. The molecule has 0 amide bonds. The molecule has 4 fully saturated rings. The second-order valence-electron chi connectivity index (χ2n) is 5.66. The number of halogens is 1. The van der Waals surface area contributed by atoms with Gasteiger partial charge in [-0.05, 0) is 55.3 Å². The molecule has 4 saturated carbocycles. The zero-order valence-corrected chi connectivity index (χ0v) is 7.72. The molecule has 4 aliphatic rings. The molecular formula is C11H17F. The minimum atomic E-state index is -0.467. The zero-order chi connectivity index (χ0) is 8.34. The smallest absolute Gasteiger partial charge is 0.108 e. The number of rotatable bonds is 0. The van der Waals surface area contributed by atoms with Gasteiger partial charge in [-0.2, -0.15) is 0 Å². The van der Waals surface area contributed by atoms with E-state index in [1.54, 1.807) is 0 Å². The summed E-state index contributed by atoms with van der Waals surface area (Å²) in [5.74, 6) is 2.22. The van der Waals surface area contributed by atoms with E-state index in [0.29, 0.717) is 5.92 Å². The molecule has 0 aromatic rings. The highest BCUT2D eigenvalue weighted by Gasteiger charge is 2.55. The highest BCUT2D eigenvalue weighted by Crippen LogP contribution is 2.60. The SMILES string of the molecule is CC12CC3CC(CC(C3)C1F)C2. The summed E-state index contributed by atoms with van der Waals surface area (Å²) in [6.07, 6.45) is 5.71. The predicted octanol–water partition coefficient (Wildman–Crippen LogP) is 3.17. The van der Waals surface area contributed by atoms with Crippen LogP contribution >= 0.6 is 0 Å². The Kier molecular flexibility index (Phi) is 1.25. The van der Waals surface area contributed by atoms with Gasteiger partial charge < -0.3 is 0 Å². The van der Waals surface area contributed by atoms with Gasteiger partial charge in [0.2, 0.25) is 0 Å². The molecule has 1 heteroatoms. The normalized spacial score (nSPS) is 62.5. The van der Waals surface area contributed by atoms with Crippen LogP contribution in [-0.4, -0.2) is 6.17 Å². The Hall–Kier alpha value is -0.0700. The molecule has 3 atom stereocenters. The molecule has 68 valence electrons. The summed E-state index contributed by atoms with van der Waals surface area (Å²) in [5, 5.41) is 0. The molecule has 12 heavy (non-hydrogen) atoms. The van der Waals surface area contributed by atoms with Crippen molar-refractivity contribution < 1.29 is 4.39 Å². The van der Waals surface area contributed by atoms with E-state index >= 15 is 0 Å². The molecule has 0 saturated heterocycles. The lowest BCUT2D eigenvalue weighted by atomic mass is 9.49. The third-order valence-corrected chi connectivity index (χ3v) is 4.53. The van der Waals surface area contributed by atoms with Crippen LogP contribution in [0.1, 0.15) is 39.0 Å². The van der Waals surface area contributed by atoms with Crippen LogP contribution in [0.4, 0.5) is 4.39 Å². The molecular weight excluding hydrogens is 151 g/mol. The Bertz CT molecular complexity index is 197. The van der Waals surface area contributed by atoms with E-state index < -0.39 is 6.17 Å². The zero-order valence-electron chi connectivity index (χ0n) is 7.72. The van der Waals surface area contributed by atoms with E-state index in [4.69, 9.17) is 0 Å². The van der Waals surface area contributed by atoms with Crippen molar-refractivity contribution in [3.8, 4) is 0 Å². The van der Waals surface area contributed by atoms with Crippen LogP contribution in [0.15, 0.2) is 0 Å². The van der Waals surface area contributed by atoms with Crippen molar-refractivity contribution in [3.05, 3.63) is 0 Å². The van der Waals surface area contributed by atoms with Crippen LogP contribution in [0.2, 0.25) is 0 Å². The van der Waals surface area contributed by atoms with Gasteiger partial charge in [0, 0.05) is 0 Å². The fraction of sp³-hybridized carbons (Fsp3) is 1.00. The maximum atomic E-state index is 13.9. The molecule has 0 aromatic heterocycles. The lowest BCUT2D eigenvalue weighted by Gasteiger charge is -2.57. The first-order valence-electron chi connectivity index (χ1n) is 5.31. The third kappa shape index (κ3) is 0.777. The van der Waals surface area contributed by atoms with E-state index in [1.807, 2.05) is 0 Å². The van der Waals surface area contributed by atoms with Crippen LogP contribution < -0.4 is 0 Å². The summed E-state index contributed by atoms with van der Waals surface area (Å²) in [5.41, 5.74) is 0.0920. The maximum Gasteiger partial charge on any atom is 0.108 e. The number of hydrogen-bond donors (Lipinski definition) is 0. The van der Waals surface area contributed by atoms with Crippen LogP contribution in [0, 0.1) is 23.2 Å². The molecule has 4 aliphatic carbocycles. The molecule has 0 spiro atoms. The lowest BCUT2D eigenvalue weighted by Crippen LogP contribution is -2.52. The van der Waals surface area contributed by atoms with Crippen molar-refractivity contribution in [2.75, 3.05) is 0 Å². The van der Waals surface area contributed by atoms with Crippen molar-refractivity contribution in [2.45, 2.75) is 45.2 Å². The van der Waals surface area contributed by atoms with Crippen molar-refractivity contribution in [3.63, 3.8) is 0 Å². The minimum absolute atomic E-state index is 0.0920. The molecule has 3 unspecified atom stereocenters. The monoisotopic (exact) mass is 168 g/mol. The van der Waals surface area contributed by atoms with Crippen LogP contribution in [0.5, 0.6) is 0 Å². The topological polar surface area (TPSA) is 0 Å². The molecule has 0 aliphatic heterocycles. The molecule has 0 heterocycles. The predicted molar refractivity (Wildman–Crippen MR) is 46.6 cm³/mol. The van der Waals surface area contributed by atoms with Gasteiger partial charge in [0.25, 0.3) is 0 Å². The fourth-order valence-corrected chi connectivity index (χ4v) is 4.39. The van der Waals surface area contributed by atoms with Crippen molar-refractivity contribution in [1.82, 2.24) is 0 Å². The Labute approximate surface area is 73.5 Å². The average Bonchev–Trinajstić information content (AvgIpc) is 1.98. The van der Waals surface area contributed by atoms with E-state index in [0.717, 1.165) is 11.8 Å². The summed E-state index contributed by atoms with van der Waals surface area (Å²) in [6.45, 7) is 2.18. The molecule has 0 N–H and O–H groups in total. The maximum absolute atomic E-state index is 13.9. The van der Waals surface area contributed by atoms with Gasteiger partial charge in [-0.15, -0.1) is 0 Å². The summed E-state index contributed by atoms with van der Waals surface area (Å²) in [4.78, 5) is 0. The second-order valence-corrected chi connectivity index (χ2v) is 5.66. The second kappa shape index (κ2) is 2.05. The van der Waals surface area contributed by atoms with Crippen molar-refractivity contribution in [1.29, 1.82) is 0 Å². The quantitative estimate of drug-likeness (QED) is 0.521. The summed E-state index contributed by atoms with van der Waals surface area (Å²) >= 11 is 0. The van der Waals surface area contributed by atoms with Crippen LogP contribution in [0.3, 0.4) is 0 Å². The molecule has 0 radical (unpaired) electrons. The highest BCUT2D eigenvalue weighted by molar-refractivity contribution is 5.04. The van der Waals surface area contributed by atoms with Crippen LogP contribution in [0.25, 0.3) is 0 Å². The fourth-order valence-electron chi connectivity index (χ4n) is 4.39. The first-order chi connectivity index (χ1) is 5.67. The van der Waals surface area contributed by atoms with E-state index in [1.165, 1.54) is 32.1 Å². The van der Waals surface area contributed by atoms with Gasteiger partial charge >= 0.3 is 0 Å². The van der Waals surface area contributed by atoms with Crippen LogP contribution in [-0.2, 0) is 0 Å². The summed E-state index contributed by atoms with van der Waals surface area (Å²) in [7, 11) is 0. The first-order valence-corrected chi connectivity index (χ1v) is 5.31. The Morgan fingerprint density at radius 3 is 2.17 bits per heavy atom. The molecule has 0 nitrogen and oxygen atoms in total. The minimum Gasteiger partial charge on any atom is -0.247 e. The van der Waals surface area contributed by atoms with Gasteiger partial charge in [-0.25, -0.2) is 4.39 Å². The van der Waals surface area contributed by atoms with Gasteiger partial charge in [-0.1, -0.05) is 6.92 Å². The Morgan fingerprint density at radius 1 is 1.08 bits per heavy atom. The van der Waals surface area contributed by atoms with Gasteiger partial charge in [0.1, 0.15) is 6.17 Å². The number of hydrogen-bond acceptors (Lipinski definition) is 0.